The number of fused-ring (bicyclic) bond motifs is 1. The Labute approximate surface area is 145 Å². The van der Waals surface area contributed by atoms with Crippen molar-refractivity contribution in [3.05, 3.63) is 77.5 Å². The number of nitrogens with zero attached hydrogens (tertiary/aromatic N) is 2. The third-order valence-corrected chi connectivity index (χ3v) is 5.50. The summed E-state index contributed by atoms with van der Waals surface area (Å²) in [6, 6.07) is 18.1. The molecule has 1 N–H and O–H groups in total. The fraction of sp³-hybridized carbons (Fsp3) is 0.111. The maximum atomic E-state index is 12.6. The average Bonchev–Trinajstić information content (AvgIpc) is 3.09. The molecule has 0 radical (unpaired) electrons. The Balaban J connectivity index is 1.79. The van der Waals surface area contributed by atoms with Gasteiger partial charge < -0.3 is 5.32 Å². The third-order valence-electron chi connectivity index (χ3n) is 4.06. The molecule has 2 aromatic carbocycles. The van der Waals surface area contributed by atoms with E-state index in [1.54, 1.807) is 28.9 Å². The minimum Gasteiger partial charge on any atom is -0.306 e. The molecule has 1 aliphatic rings. The van der Waals surface area contributed by atoms with E-state index < -0.39 is 9.84 Å². The predicted molar refractivity (Wildman–Crippen MR) is 94.3 cm³/mol. The molecule has 1 aromatic heterocycles. The molecule has 0 atom stereocenters. The Hall–Kier alpha value is -2.93. The third kappa shape index (κ3) is 2.94. The summed E-state index contributed by atoms with van der Waals surface area (Å²) >= 11 is 0. The van der Waals surface area contributed by atoms with E-state index in [0.717, 1.165) is 5.69 Å². The number of nitrogens with one attached hydrogen (secondary N) is 1. The van der Waals surface area contributed by atoms with Crippen molar-refractivity contribution in [2.75, 3.05) is 5.32 Å². The zero-order valence-electron chi connectivity index (χ0n) is 13.2. The van der Waals surface area contributed by atoms with Gasteiger partial charge in [0.2, 0.25) is 0 Å². The van der Waals surface area contributed by atoms with Crippen LogP contribution in [0.4, 0.5) is 5.82 Å². The minimum atomic E-state index is -3.21. The van der Waals surface area contributed by atoms with Gasteiger partial charge in [-0.1, -0.05) is 36.4 Å². The monoisotopic (exact) mass is 353 g/mol. The van der Waals surface area contributed by atoms with Crippen molar-refractivity contribution in [2.24, 2.45) is 0 Å². The molecule has 25 heavy (non-hydrogen) atoms. The van der Waals surface area contributed by atoms with Gasteiger partial charge in [0, 0.05) is 11.1 Å². The molecule has 3 aromatic rings. The van der Waals surface area contributed by atoms with Gasteiger partial charge in [-0.05, 0) is 24.3 Å². The SMILES string of the molecule is O=C(Nc1c2c(nn1-c1ccccc1)CS(=O)(=O)C2)c1ccccc1. The number of aromatic nitrogens is 2. The fourth-order valence-corrected chi connectivity index (χ4v) is 4.39. The summed E-state index contributed by atoms with van der Waals surface area (Å²) in [5.74, 6) is -0.100. The van der Waals surface area contributed by atoms with Crippen molar-refractivity contribution >= 4 is 21.6 Å². The summed E-state index contributed by atoms with van der Waals surface area (Å²) in [5, 5.41) is 7.27. The van der Waals surface area contributed by atoms with Gasteiger partial charge in [0.05, 0.1) is 22.9 Å². The Kier molecular flexibility index (Phi) is 3.65. The molecule has 0 bridgehead atoms. The zero-order chi connectivity index (χ0) is 17.4. The Morgan fingerprint density at radius 3 is 2.28 bits per heavy atom. The van der Waals surface area contributed by atoms with Crippen molar-refractivity contribution in [1.29, 1.82) is 0 Å². The molecule has 0 fully saturated rings. The fourth-order valence-electron chi connectivity index (χ4n) is 2.90. The van der Waals surface area contributed by atoms with Crippen LogP contribution < -0.4 is 5.32 Å². The number of benzene rings is 2. The van der Waals surface area contributed by atoms with Crippen LogP contribution in [0.25, 0.3) is 5.69 Å². The maximum Gasteiger partial charge on any atom is 0.256 e. The van der Waals surface area contributed by atoms with Crippen molar-refractivity contribution in [1.82, 2.24) is 9.78 Å². The molecule has 0 unspecified atom stereocenters. The largest absolute Gasteiger partial charge is 0.306 e. The van der Waals surface area contributed by atoms with Crippen LogP contribution in [0.2, 0.25) is 0 Å². The quantitative estimate of drug-likeness (QED) is 0.785. The van der Waals surface area contributed by atoms with E-state index in [1.807, 2.05) is 36.4 Å². The lowest BCUT2D eigenvalue weighted by Crippen LogP contribution is -2.16. The first-order valence-electron chi connectivity index (χ1n) is 7.76. The van der Waals surface area contributed by atoms with E-state index in [2.05, 4.69) is 10.4 Å². The molecule has 126 valence electrons. The number of carbonyl (C=O) groups excluding carboxylic acids is 1. The van der Waals surface area contributed by atoms with Crippen LogP contribution >= 0.6 is 0 Å². The summed E-state index contributed by atoms with van der Waals surface area (Å²) in [4.78, 5) is 12.6. The number of sulfone groups is 1. The van der Waals surface area contributed by atoms with E-state index in [9.17, 15) is 13.2 Å². The van der Waals surface area contributed by atoms with Gasteiger partial charge in [0.25, 0.3) is 5.91 Å². The van der Waals surface area contributed by atoms with Crippen LogP contribution in [-0.2, 0) is 21.3 Å². The summed E-state index contributed by atoms with van der Waals surface area (Å²) in [5.41, 5.74) is 2.32. The molecule has 0 saturated heterocycles. The normalized spacial score (nSPS) is 14.9. The molecule has 0 spiro atoms. The van der Waals surface area contributed by atoms with Crippen molar-refractivity contribution in [3.63, 3.8) is 0 Å². The summed E-state index contributed by atoms with van der Waals surface area (Å²) in [6.07, 6.45) is 0. The van der Waals surface area contributed by atoms with E-state index in [1.165, 1.54) is 0 Å². The maximum absolute atomic E-state index is 12.6. The van der Waals surface area contributed by atoms with Crippen molar-refractivity contribution < 1.29 is 13.2 Å². The Morgan fingerprint density at radius 1 is 0.960 bits per heavy atom. The highest BCUT2D eigenvalue weighted by atomic mass is 32.2. The molecule has 7 heteroatoms. The van der Waals surface area contributed by atoms with Crippen LogP contribution in [0, 0.1) is 0 Å². The van der Waals surface area contributed by atoms with Gasteiger partial charge in [-0.25, -0.2) is 13.1 Å². The summed E-state index contributed by atoms with van der Waals surface area (Å²) < 4.78 is 25.5. The number of carbonyl (C=O) groups is 1. The molecule has 0 aliphatic carbocycles. The first-order valence-corrected chi connectivity index (χ1v) is 9.59. The predicted octanol–water partition coefficient (Wildman–Crippen LogP) is 2.55. The average molecular weight is 353 g/mol. The van der Waals surface area contributed by atoms with Crippen LogP contribution in [0.5, 0.6) is 0 Å². The highest BCUT2D eigenvalue weighted by molar-refractivity contribution is 7.90. The van der Waals surface area contributed by atoms with Crippen molar-refractivity contribution in [3.8, 4) is 5.69 Å². The number of rotatable bonds is 3. The Bertz CT molecular complexity index is 1040. The minimum absolute atomic E-state index is 0.101. The molecular weight excluding hydrogens is 338 g/mol. The number of para-hydroxylation sites is 1. The second kappa shape index (κ2) is 5.86. The highest BCUT2D eigenvalue weighted by Crippen LogP contribution is 2.33. The van der Waals surface area contributed by atoms with Gasteiger partial charge >= 0.3 is 0 Å². The lowest BCUT2D eigenvalue weighted by Gasteiger charge is -2.11. The van der Waals surface area contributed by atoms with Gasteiger partial charge in [-0.15, -0.1) is 0 Å². The molecule has 1 aliphatic heterocycles. The molecule has 6 nitrogen and oxygen atoms in total. The van der Waals surface area contributed by atoms with Gasteiger partial charge in [-0.2, -0.15) is 5.10 Å². The molecule has 1 amide bonds. The lowest BCUT2D eigenvalue weighted by atomic mass is 10.2. The second-order valence-corrected chi connectivity index (χ2v) is 7.94. The Morgan fingerprint density at radius 2 is 1.60 bits per heavy atom. The van der Waals surface area contributed by atoms with Crippen molar-refractivity contribution in [2.45, 2.75) is 11.5 Å². The van der Waals surface area contributed by atoms with E-state index in [-0.39, 0.29) is 17.4 Å². The summed E-state index contributed by atoms with van der Waals surface area (Å²) in [7, 11) is -3.21. The zero-order valence-corrected chi connectivity index (χ0v) is 14.0. The molecule has 2 heterocycles. The molecule has 0 saturated carbocycles. The second-order valence-electron chi connectivity index (χ2n) is 5.87. The number of anilines is 1. The topological polar surface area (TPSA) is 81.1 Å². The number of hydrogen-bond donors (Lipinski definition) is 1. The van der Waals surface area contributed by atoms with Crippen LogP contribution in [-0.4, -0.2) is 24.1 Å². The number of hydrogen-bond acceptors (Lipinski definition) is 4. The molecular formula is C18H15N3O3S. The smallest absolute Gasteiger partial charge is 0.256 e. The van der Waals surface area contributed by atoms with Gasteiger partial charge in [0.1, 0.15) is 5.82 Å². The van der Waals surface area contributed by atoms with Crippen LogP contribution in [0.15, 0.2) is 60.7 Å². The van der Waals surface area contributed by atoms with Gasteiger partial charge in [0.15, 0.2) is 9.84 Å². The van der Waals surface area contributed by atoms with E-state index in [0.29, 0.717) is 22.6 Å². The standard InChI is InChI=1S/C18H15N3O3S/c22-18(13-7-3-1-4-8-13)19-17-15-11-25(23,24)12-16(15)20-21(17)14-9-5-2-6-10-14/h1-10H,11-12H2,(H,19,22). The van der Waals surface area contributed by atoms with Crippen LogP contribution in [0.3, 0.4) is 0 Å². The lowest BCUT2D eigenvalue weighted by molar-refractivity contribution is 0.102. The highest BCUT2D eigenvalue weighted by Gasteiger charge is 2.33. The van der Waals surface area contributed by atoms with E-state index >= 15 is 0 Å². The molecule has 4 rings (SSSR count). The van der Waals surface area contributed by atoms with Crippen LogP contribution in [0.1, 0.15) is 21.6 Å². The van der Waals surface area contributed by atoms with Gasteiger partial charge in [-0.3, -0.25) is 4.79 Å². The number of amides is 1. The van der Waals surface area contributed by atoms with E-state index in [4.69, 9.17) is 0 Å². The first kappa shape index (κ1) is 15.6. The summed E-state index contributed by atoms with van der Waals surface area (Å²) in [6.45, 7) is 0. The first-order chi connectivity index (χ1) is 12.0.